The first-order chi connectivity index (χ1) is 14.4. The molecule has 156 valence electrons. The highest BCUT2D eigenvalue weighted by Gasteiger charge is 2.25. The molecule has 1 aromatic carbocycles. The molecule has 3 rings (SSSR count). The number of fused-ring (bicyclic) bond motifs is 1. The number of carboxylic acid groups (broad SMARTS) is 1. The zero-order valence-electron chi connectivity index (χ0n) is 16.5. The third-order valence-corrected chi connectivity index (χ3v) is 4.66. The number of amides is 2. The van der Waals surface area contributed by atoms with Crippen molar-refractivity contribution in [3.63, 3.8) is 0 Å². The Hall–Kier alpha value is -3.77. The van der Waals surface area contributed by atoms with Crippen LogP contribution in [0.2, 0.25) is 0 Å². The Labute approximate surface area is 173 Å². The third kappa shape index (κ3) is 5.40. The van der Waals surface area contributed by atoms with Gasteiger partial charge in [0, 0.05) is 29.1 Å². The number of allylic oxidation sites excluding steroid dienone is 1. The molecule has 0 saturated carbocycles. The fourth-order valence-electron chi connectivity index (χ4n) is 3.05. The van der Waals surface area contributed by atoms with Crippen molar-refractivity contribution in [3.05, 3.63) is 65.6 Å². The number of carbonyl (C=O) groups excluding carboxylic acids is 2. The van der Waals surface area contributed by atoms with Crippen molar-refractivity contribution in [1.82, 2.24) is 15.6 Å². The van der Waals surface area contributed by atoms with E-state index in [2.05, 4.69) is 21.3 Å². The van der Waals surface area contributed by atoms with Gasteiger partial charge in [-0.1, -0.05) is 30.4 Å². The highest BCUT2D eigenvalue weighted by molar-refractivity contribution is 5.90. The molecule has 1 aromatic heterocycles. The van der Waals surface area contributed by atoms with Crippen molar-refractivity contribution in [3.8, 4) is 0 Å². The van der Waals surface area contributed by atoms with Crippen molar-refractivity contribution in [2.24, 2.45) is 0 Å². The fourth-order valence-corrected chi connectivity index (χ4v) is 3.05. The maximum absolute atomic E-state index is 12.4. The molecular weight excluding hydrogens is 386 g/mol. The number of alkyl carbamates (subject to hydrolysis) is 1. The minimum Gasteiger partial charge on any atom is -0.480 e. The predicted molar refractivity (Wildman–Crippen MR) is 111 cm³/mol. The Morgan fingerprint density at radius 3 is 2.80 bits per heavy atom. The molecule has 1 aliphatic carbocycles. The van der Waals surface area contributed by atoms with Gasteiger partial charge in [0.05, 0.1) is 0 Å². The van der Waals surface area contributed by atoms with Crippen LogP contribution in [0.1, 0.15) is 18.9 Å². The molecule has 0 unspecified atom stereocenters. The van der Waals surface area contributed by atoms with E-state index in [9.17, 15) is 19.5 Å². The molecule has 1 heterocycles. The molecule has 0 saturated heterocycles. The van der Waals surface area contributed by atoms with Gasteiger partial charge in [0.25, 0.3) is 0 Å². The first-order valence-electron chi connectivity index (χ1n) is 9.56. The average molecular weight is 409 g/mol. The Morgan fingerprint density at radius 1 is 1.27 bits per heavy atom. The molecule has 8 heteroatoms. The standard InChI is InChI=1S/C22H23N3O5/c1-14(24-22(29)30-13-15-7-3-2-4-8-15)20(26)25-19(21(27)28)11-16-12-23-18-10-6-5-9-17(16)18/h3-7,9-10,12,14,19,23H,2,11,13H2,1H3,(H,24,29)(H,25,26)(H,27,28)/t14-,19-/m0/s1. The largest absolute Gasteiger partial charge is 0.480 e. The SMILES string of the molecule is C[C@H](NC(=O)OCC1=C=CCC=C1)C(=O)N[C@@H](Cc1c[nH]c2ccccc12)C(=O)O. The second kappa shape index (κ2) is 9.62. The van der Waals surface area contributed by atoms with E-state index in [4.69, 9.17) is 4.74 Å². The number of carbonyl (C=O) groups is 3. The number of hydrogen-bond acceptors (Lipinski definition) is 4. The van der Waals surface area contributed by atoms with E-state index >= 15 is 0 Å². The van der Waals surface area contributed by atoms with E-state index in [1.54, 1.807) is 6.20 Å². The monoisotopic (exact) mass is 409 g/mol. The van der Waals surface area contributed by atoms with Crippen molar-refractivity contribution >= 4 is 28.9 Å². The van der Waals surface area contributed by atoms with E-state index in [0.717, 1.165) is 28.5 Å². The normalized spacial score (nSPS) is 14.6. The number of H-pyrrole nitrogens is 1. The Balaban J connectivity index is 1.55. The zero-order valence-corrected chi connectivity index (χ0v) is 16.5. The number of aromatic nitrogens is 1. The lowest BCUT2D eigenvalue weighted by atomic mass is 10.0. The van der Waals surface area contributed by atoms with Crippen LogP contribution in [-0.2, 0) is 20.7 Å². The molecule has 0 spiro atoms. The van der Waals surface area contributed by atoms with Crippen LogP contribution < -0.4 is 10.6 Å². The lowest BCUT2D eigenvalue weighted by Crippen LogP contribution is -2.51. The van der Waals surface area contributed by atoms with Crippen LogP contribution in [0.3, 0.4) is 0 Å². The second-order valence-corrected chi connectivity index (χ2v) is 6.92. The van der Waals surface area contributed by atoms with E-state index in [1.807, 2.05) is 42.5 Å². The van der Waals surface area contributed by atoms with Crippen LogP contribution >= 0.6 is 0 Å². The quantitative estimate of drug-likeness (QED) is 0.499. The summed E-state index contributed by atoms with van der Waals surface area (Å²) in [7, 11) is 0. The number of nitrogens with one attached hydrogen (secondary N) is 3. The van der Waals surface area contributed by atoms with Crippen LogP contribution in [-0.4, -0.2) is 46.8 Å². The summed E-state index contributed by atoms with van der Waals surface area (Å²) in [6, 6.07) is 5.41. The summed E-state index contributed by atoms with van der Waals surface area (Å²) in [6.45, 7) is 1.49. The summed E-state index contributed by atoms with van der Waals surface area (Å²) in [5.41, 5.74) is 5.36. The van der Waals surface area contributed by atoms with Gasteiger partial charge in [0.15, 0.2) is 0 Å². The predicted octanol–water partition coefficient (Wildman–Crippen LogP) is 2.44. The van der Waals surface area contributed by atoms with E-state index in [-0.39, 0.29) is 13.0 Å². The minimum absolute atomic E-state index is 0.0332. The zero-order chi connectivity index (χ0) is 21.5. The van der Waals surface area contributed by atoms with Crippen molar-refractivity contribution in [2.45, 2.75) is 31.8 Å². The van der Waals surface area contributed by atoms with E-state index in [0.29, 0.717) is 0 Å². The van der Waals surface area contributed by atoms with Crippen molar-refractivity contribution in [2.75, 3.05) is 6.61 Å². The molecule has 0 radical (unpaired) electrons. The number of benzene rings is 1. The van der Waals surface area contributed by atoms with Gasteiger partial charge in [0.1, 0.15) is 18.7 Å². The second-order valence-electron chi connectivity index (χ2n) is 6.92. The molecule has 0 bridgehead atoms. The number of hydrogen-bond donors (Lipinski definition) is 4. The number of rotatable bonds is 8. The van der Waals surface area contributed by atoms with Gasteiger partial charge >= 0.3 is 12.1 Å². The number of aliphatic carboxylic acids is 1. The van der Waals surface area contributed by atoms with E-state index < -0.39 is 30.1 Å². The van der Waals surface area contributed by atoms with Crippen LogP contribution in [0, 0.1) is 0 Å². The van der Waals surface area contributed by atoms with Gasteiger partial charge in [-0.25, -0.2) is 9.59 Å². The van der Waals surface area contributed by atoms with Crippen molar-refractivity contribution < 1.29 is 24.2 Å². The highest BCUT2D eigenvalue weighted by atomic mass is 16.5. The molecule has 0 fully saturated rings. The topological polar surface area (TPSA) is 121 Å². The third-order valence-electron chi connectivity index (χ3n) is 4.66. The lowest BCUT2D eigenvalue weighted by molar-refractivity contribution is -0.142. The maximum atomic E-state index is 12.4. The molecule has 4 N–H and O–H groups in total. The average Bonchev–Trinajstić information content (AvgIpc) is 3.15. The highest BCUT2D eigenvalue weighted by Crippen LogP contribution is 2.19. The summed E-state index contributed by atoms with van der Waals surface area (Å²) in [5.74, 6) is -1.78. The van der Waals surface area contributed by atoms with Crippen LogP contribution in [0.15, 0.2) is 60.0 Å². The summed E-state index contributed by atoms with van der Waals surface area (Å²) >= 11 is 0. The van der Waals surface area contributed by atoms with Crippen LogP contribution in [0.25, 0.3) is 10.9 Å². The summed E-state index contributed by atoms with van der Waals surface area (Å²) in [5, 5.41) is 15.3. The molecule has 30 heavy (non-hydrogen) atoms. The molecular formula is C22H23N3O5. The molecule has 1 aliphatic rings. The molecule has 2 aromatic rings. The molecule has 2 amide bonds. The smallest absolute Gasteiger partial charge is 0.408 e. The maximum Gasteiger partial charge on any atom is 0.408 e. The summed E-state index contributed by atoms with van der Waals surface area (Å²) in [6.07, 6.45) is 7.41. The minimum atomic E-state index is -1.16. The van der Waals surface area contributed by atoms with E-state index in [1.165, 1.54) is 6.92 Å². The molecule has 2 atom stereocenters. The van der Waals surface area contributed by atoms with Crippen LogP contribution in [0.5, 0.6) is 0 Å². The van der Waals surface area contributed by atoms with Gasteiger partial charge in [-0.15, -0.1) is 5.73 Å². The van der Waals surface area contributed by atoms with Crippen LogP contribution in [0.4, 0.5) is 4.79 Å². The first kappa shape index (κ1) is 21.0. The van der Waals surface area contributed by atoms with Gasteiger partial charge in [0.2, 0.25) is 5.91 Å². The number of carboxylic acids is 1. The Kier molecular flexibility index (Phi) is 6.72. The van der Waals surface area contributed by atoms with Gasteiger partial charge in [-0.2, -0.15) is 0 Å². The lowest BCUT2D eigenvalue weighted by Gasteiger charge is -2.18. The molecule has 0 aliphatic heterocycles. The molecule has 8 nitrogen and oxygen atoms in total. The summed E-state index contributed by atoms with van der Waals surface area (Å²) in [4.78, 5) is 39.1. The fraction of sp³-hybridized carbons (Fsp3) is 0.273. The number of para-hydroxylation sites is 1. The van der Waals surface area contributed by atoms with Gasteiger partial charge in [-0.05, 0) is 31.1 Å². The van der Waals surface area contributed by atoms with Gasteiger partial charge in [-0.3, -0.25) is 4.79 Å². The van der Waals surface area contributed by atoms with Crippen molar-refractivity contribution in [1.29, 1.82) is 0 Å². The number of aromatic amines is 1. The Morgan fingerprint density at radius 2 is 2.07 bits per heavy atom. The number of ether oxygens (including phenoxy) is 1. The Bertz CT molecular complexity index is 1050. The first-order valence-corrected chi connectivity index (χ1v) is 9.56. The summed E-state index contributed by atoms with van der Waals surface area (Å²) < 4.78 is 5.07. The van der Waals surface area contributed by atoms with Gasteiger partial charge < -0.3 is 25.5 Å².